The Morgan fingerprint density at radius 1 is 1.14 bits per heavy atom. The summed E-state index contributed by atoms with van der Waals surface area (Å²) >= 11 is 5.84. The molecular weight excluding hydrogens is 392 g/mol. The third kappa shape index (κ3) is 2.82. The molecule has 0 saturated carbocycles. The molecule has 146 valence electrons. The number of fused-ring (bicyclic) bond motifs is 1. The molecule has 0 aliphatic carbocycles. The molecule has 0 aliphatic rings. The number of nitrogens with zero attached hydrogens (tertiary/aromatic N) is 1. The van der Waals surface area contributed by atoms with E-state index in [0.29, 0.717) is 5.02 Å². The number of benzene rings is 2. The fraction of sp³-hybridized carbons (Fsp3) is 0.200. The van der Waals surface area contributed by atoms with Gasteiger partial charge in [0.1, 0.15) is 0 Å². The van der Waals surface area contributed by atoms with Gasteiger partial charge in [0.2, 0.25) is 0 Å². The zero-order valence-corrected chi connectivity index (χ0v) is 15.9. The van der Waals surface area contributed by atoms with Gasteiger partial charge in [-0.1, -0.05) is 11.6 Å². The molecule has 0 amide bonds. The highest BCUT2D eigenvalue weighted by Gasteiger charge is 2.38. The summed E-state index contributed by atoms with van der Waals surface area (Å²) in [7, 11) is 0. The van der Waals surface area contributed by atoms with E-state index in [9.17, 15) is 28.6 Å². The van der Waals surface area contributed by atoms with Crippen LogP contribution in [0.25, 0.3) is 10.9 Å². The molecule has 1 aromatic heterocycles. The molecule has 2 N–H and O–H groups in total. The molecule has 0 bridgehead atoms. The van der Waals surface area contributed by atoms with Crippen LogP contribution in [0.3, 0.4) is 0 Å². The molecule has 3 aromatic rings. The number of hydrogen-bond acceptors (Lipinski definition) is 3. The Bertz CT molecular complexity index is 1130. The summed E-state index contributed by atoms with van der Waals surface area (Å²) in [6.07, 6.45) is 0. The zero-order chi connectivity index (χ0) is 21.0. The van der Waals surface area contributed by atoms with Crippen LogP contribution in [-0.2, 0) is 10.2 Å². The van der Waals surface area contributed by atoms with Crippen molar-refractivity contribution in [3.63, 3.8) is 0 Å². The molecular formula is C20H16ClF2NO4. The Morgan fingerprint density at radius 2 is 1.71 bits per heavy atom. The molecule has 0 fully saturated rings. The van der Waals surface area contributed by atoms with Crippen molar-refractivity contribution in [3.05, 3.63) is 63.8 Å². The predicted molar refractivity (Wildman–Crippen MR) is 100 cm³/mol. The van der Waals surface area contributed by atoms with Crippen LogP contribution in [-0.4, -0.2) is 26.7 Å². The highest BCUT2D eigenvalue weighted by molar-refractivity contribution is 6.30. The number of carboxylic acids is 1. The van der Waals surface area contributed by atoms with Crippen molar-refractivity contribution in [3.8, 4) is 5.75 Å². The first-order valence-corrected chi connectivity index (χ1v) is 8.62. The van der Waals surface area contributed by atoms with Gasteiger partial charge < -0.3 is 10.2 Å². The second-order valence-corrected chi connectivity index (χ2v) is 7.39. The van der Waals surface area contributed by atoms with Crippen LogP contribution in [0.15, 0.2) is 30.3 Å². The lowest BCUT2D eigenvalue weighted by molar-refractivity contribution is -0.142. The molecule has 0 spiro atoms. The van der Waals surface area contributed by atoms with Gasteiger partial charge in [-0.25, -0.2) is 8.78 Å². The van der Waals surface area contributed by atoms with Gasteiger partial charge in [-0.3, -0.25) is 14.2 Å². The van der Waals surface area contributed by atoms with Gasteiger partial charge in [0, 0.05) is 33.3 Å². The molecule has 28 heavy (non-hydrogen) atoms. The summed E-state index contributed by atoms with van der Waals surface area (Å²) in [4.78, 5) is 24.9. The number of carbonyl (C=O) groups is 2. The van der Waals surface area contributed by atoms with Gasteiger partial charge in [-0.2, -0.15) is 0 Å². The van der Waals surface area contributed by atoms with Gasteiger partial charge >= 0.3 is 5.97 Å². The van der Waals surface area contributed by atoms with Gasteiger partial charge in [-0.05, 0) is 45.0 Å². The number of aromatic hydroxyl groups is 1. The first-order valence-electron chi connectivity index (χ1n) is 8.24. The fourth-order valence-electron chi connectivity index (χ4n) is 3.34. The zero-order valence-electron chi connectivity index (χ0n) is 15.2. The summed E-state index contributed by atoms with van der Waals surface area (Å²) in [5.41, 5.74) is -1.48. The number of carbonyl (C=O) groups excluding carboxylic acids is 1. The Labute approximate surface area is 163 Å². The highest BCUT2D eigenvalue weighted by Crippen LogP contribution is 2.40. The van der Waals surface area contributed by atoms with E-state index < -0.39 is 34.7 Å². The van der Waals surface area contributed by atoms with E-state index in [-0.39, 0.29) is 27.7 Å². The van der Waals surface area contributed by atoms with Crippen molar-refractivity contribution >= 4 is 34.4 Å². The van der Waals surface area contributed by atoms with Crippen molar-refractivity contribution in [2.75, 3.05) is 0 Å². The normalized spacial score (nSPS) is 11.8. The summed E-state index contributed by atoms with van der Waals surface area (Å²) in [5, 5.41) is 19.4. The number of aliphatic carboxylic acids is 1. The van der Waals surface area contributed by atoms with Crippen LogP contribution in [0.1, 0.15) is 35.5 Å². The number of hydrogen-bond donors (Lipinski definition) is 2. The topological polar surface area (TPSA) is 79.5 Å². The maximum absolute atomic E-state index is 14.8. The van der Waals surface area contributed by atoms with E-state index in [1.165, 1.54) is 45.0 Å². The van der Waals surface area contributed by atoms with Crippen LogP contribution in [0.4, 0.5) is 8.78 Å². The molecule has 0 atom stereocenters. The van der Waals surface area contributed by atoms with Gasteiger partial charge in [0.05, 0.1) is 10.9 Å². The molecule has 0 radical (unpaired) electrons. The Kier molecular flexibility index (Phi) is 4.67. The van der Waals surface area contributed by atoms with Gasteiger partial charge in [-0.15, -0.1) is 0 Å². The van der Waals surface area contributed by atoms with E-state index in [4.69, 9.17) is 11.6 Å². The molecule has 2 aromatic carbocycles. The largest absolute Gasteiger partial charge is 0.503 e. The van der Waals surface area contributed by atoms with E-state index in [2.05, 4.69) is 0 Å². The van der Waals surface area contributed by atoms with Crippen molar-refractivity contribution in [1.82, 2.24) is 4.57 Å². The lowest BCUT2D eigenvalue weighted by Crippen LogP contribution is -2.29. The number of halogens is 3. The van der Waals surface area contributed by atoms with E-state index in [1.807, 2.05) is 0 Å². The second kappa shape index (κ2) is 6.60. The molecule has 0 unspecified atom stereocenters. The third-order valence-corrected chi connectivity index (χ3v) is 5.07. The SMILES string of the molecule is Cc1c(C(C)(C)C(=O)O)c2c(F)c(O)c(F)cc2n1C(=O)c1ccc(Cl)cc1. The molecule has 0 aliphatic heterocycles. The van der Waals surface area contributed by atoms with Crippen LogP contribution in [0.2, 0.25) is 5.02 Å². The van der Waals surface area contributed by atoms with Crippen LogP contribution < -0.4 is 0 Å². The van der Waals surface area contributed by atoms with Crippen molar-refractivity contribution in [2.45, 2.75) is 26.2 Å². The number of phenols is 1. The predicted octanol–water partition coefficient (Wildman–Crippen LogP) is 4.64. The minimum atomic E-state index is -1.61. The van der Waals surface area contributed by atoms with Crippen LogP contribution in [0.5, 0.6) is 5.75 Å². The lowest BCUT2D eigenvalue weighted by Gasteiger charge is -2.20. The van der Waals surface area contributed by atoms with Crippen LogP contribution in [0, 0.1) is 18.6 Å². The molecule has 1 heterocycles. The number of phenolic OH excluding ortho intramolecular Hbond substituents is 1. The Hall–Kier alpha value is -2.93. The van der Waals surface area contributed by atoms with Crippen LogP contribution >= 0.6 is 11.6 Å². The van der Waals surface area contributed by atoms with Crippen molar-refractivity contribution in [1.29, 1.82) is 0 Å². The Balaban J connectivity index is 2.44. The highest BCUT2D eigenvalue weighted by atomic mass is 35.5. The average Bonchev–Trinajstić information content (AvgIpc) is 2.92. The second-order valence-electron chi connectivity index (χ2n) is 6.95. The van der Waals surface area contributed by atoms with E-state index >= 15 is 0 Å². The van der Waals surface area contributed by atoms with E-state index in [0.717, 1.165) is 10.6 Å². The van der Waals surface area contributed by atoms with Gasteiger partial charge in [0.25, 0.3) is 5.91 Å². The first-order chi connectivity index (χ1) is 13.0. The summed E-state index contributed by atoms with van der Waals surface area (Å²) in [6.45, 7) is 4.13. The standard InChI is InChI=1S/C20H16ClF2NO4/c1-9-15(20(2,3)19(27)28)14-13(8-12(22)17(25)16(14)23)24(9)18(26)10-4-6-11(21)7-5-10/h4-8,25H,1-3H3,(H,27,28). The first kappa shape index (κ1) is 19.8. The van der Waals surface area contributed by atoms with Crippen molar-refractivity contribution in [2.24, 2.45) is 0 Å². The molecule has 5 nitrogen and oxygen atoms in total. The quantitative estimate of drug-likeness (QED) is 0.663. The van der Waals surface area contributed by atoms with Gasteiger partial charge in [0.15, 0.2) is 17.4 Å². The Morgan fingerprint density at radius 3 is 2.25 bits per heavy atom. The monoisotopic (exact) mass is 407 g/mol. The average molecular weight is 408 g/mol. The minimum Gasteiger partial charge on any atom is -0.503 e. The molecule has 8 heteroatoms. The minimum absolute atomic E-state index is 0.0230. The maximum atomic E-state index is 14.8. The number of rotatable bonds is 3. The van der Waals surface area contributed by atoms with Crippen molar-refractivity contribution < 1.29 is 28.6 Å². The smallest absolute Gasteiger partial charge is 0.313 e. The number of carboxylic acid groups (broad SMARTS) is 1. The summed E-state index contributed by atoms with van der Waals surface area (Å²) < 4.78 is 29.9. The maximum Gasteiger partial charge on any atom is 0.313 e. The third-order valence-electron chi connectivity index (χ3n) is 4.82. The lowest BCUT2D eigenvalue weighted by atomic mass is 9.82. The fourth-order valence-corrected chi connectivity index (χ4v) is 3.46. The molecule has 0 saturated heterocycles. The van der Waals surface area contributed by atoms with E-state index in [1.54, 1.807) is 0 Å². The summed E-state index contributed by atoms with van der Waals surface area (Å²) in [6, 6.07) is 6.70. The summed E-state index contributed by atoms with van der Waals surface area (Å²) in [5.74, 6) is -5.68. The number of aromatic nitrogens is 1. The molecule has 3 rings (SSSR count).